The zero-order chi connectivity index (χ0) is 13.6. The van der Waals surface area contributed by atoms with Gasteiger partial charge in [0.15, 0.2) is 5.13 Å². The Hall–Kier alpha value is -1.27. The smallest absolute Gasteiger partial charge is 0.232 e. The van der Waals surface area contributed by atoms with E-state index in [1.165, 1.54) is 11.3 Å². The van der Waals surface area contributed by atoms with Gasteiger partial charge in [-0.15, -0.1) is 22.7 Å². The number of amides is 1. The van der Waals surface area contributed by atoms with Gasteiger partial charge in [0.2, 0.25) is 5.91 Å². The minimum atomic E-state index is -0.164. The van der Waals surface area contributed by atoms with Gasteiger partial charge in [-0.25, -0.2) is 9.97 Å². The first-order valence-electron chi connectivity index (χ1n) is 6.19. The quantitative estimate of drug-likeness (QED) is 0.940. The van der Waals surface area contributed by atoms with Crippen molar-refractivity contribution in [2.24, 2.45) is 5.41 Å². The Kier molecular flexibility index (Phi) is 2.94. The van der Waals surface area contributed by atoms with E-state index in [-0.39, 0.29) is 11.3 Å². The summed E-state index contributed by atoms with van der Waals surface area (Å²) in [4.78, 5) is 21.9. The summed E-state index contributed by atoms with van der Waals surface area (Å²) in [6.07, 6.45) is 1.95. The van der Waals surface area contributed by atoms with Gasteiger partial charge in [0.1, 0.15) is 0 Å². The highest BCUT2D eigenvalue weighted by Gasteiger charge is 2.45. The molecule has 1 aliphatic rings. The number of carbonyl (C=O) groups excluding carboxylic acids is 1. The van der Waals surface area contributed by atoms with Crippen LogP contribution in [0.15, 0.2) is 5.38 Å². The van der Waals surface area contributed by atoms with Crippen LogP contribution in [-0.2, 0) is 4.79 Å². The Bertz CT molecular complexity index is 640. The van der Waals surface area contributed by atoms with Crippen LogP contribution >= 0.6 is 22.7 Å². The minimum Gasteiger partial charge on any atom is -0.301 e. The molecule has 3 rings (SSSR count). The van der Waals surface area contributed by atoms with E-state index in [2.05, 4.69) is 15.3 Å². The molecule has 0 unspecified atom stereocenters. The van der Waals surface area contributed by atoms with E-state index < -0.39 is 0 Å². The highest BCUT2D eigenvalue weighted by Crippen LogP contribution is 2.46. The number of hydrogen-bond donors (Lipinski definition) is 1. The largest absolute Gasteiger partial charge is 0.301 e. The summed E-state index contributed by atoms with van der Waals surface area (Å²) in [6, 6.07) is 0. The van der Waals surface area contributed by atoms with Crippen LogP contribution in [0.1, 0.15) is 30.5 Å². The Morgan fingerprint density at radius 2 is 2.11 bits per heavy atom. The molecule has 0 radical (unpaired) electrons. The summed E-state index contributed by atoms with van der Waals surface area (Å²) >= 11 is 3.11. The maximum absolute atomic E-state index is 12.0. The molecule has 6 heteroatoms. The third kappa shape index (κ3) is 2.42. The number of nitrogens with one attached hydrogen (secondary N) is 1. The van der Waals surface area contributed by atoms with Crippen LogP contribution in [-0.4, -0.2) is 15.9 Å². The van der Waals surface area contributed by atoms with Crippen molar-refractivity contribution in [1.29, 1.82) is 0 Å². The number of aromatic nitrogens is 2. The van der Waals surface area contributed by atoms with Gasteiger partial charge in [-0.1, -0.05) is 6.92 Å². The van der Waals surface area contributed by atoms with Crippen LogP contribution in [0.2, 0.25) is 0 Å². The lowest BCUT2D eigenvalue weighted by Gasteiger charge is -2.06. The lowest BCUT2D eigenvalue weighted by atomic mass is 10.1. The Balaban J connectivity index is 1.80. The van der Waals surface area contributed by atoms with Gasteiger partial charge in [-0.3, -0.25) is 4.79 Å². The molecule has 1 aliphatic carbocycles. The van der Waals surface area contributed by atoms with Crippen LogP contribution < -0.4 is 5.32 Å². The number of carbonyl (C=O) groups is 1. The van der Waals surface area contributed by atoms with Crippen molar-refractivity contribution in [3.8, 4) is 10.6 Å². The van der Waals surface area contributed by atoms with Gasteiger partial charge in [-0.2, -0.15) is 0 Å². The SMILES string of the molecule is Cc1nc(C)c(-c2csc(NC(=O)C3(C)CC3)n2)s1. The molecule has 4 nitrogen and oxygen atoms in total. The molecule has 1 fully saturated rings. The second-order valence-electron chi connectivity index (χ2n) is 5.20. The minimum absolute atomic E-state index is 0.0885. The molecular formula is C13H15N3OS2. The first-order valence-corrected chi connectivity index (χ1v) is 7.89. The average molecular weight is 293 g/mol. The average Bonchev–Trinajstić information content (AvgIpc) is 2.80. The molecular weight excluding hydrogens is 278 g/mol. The Morgan fingerprint density at radius 3 is 2.68 bits per heavy atom. The fourth-order valence-electron chi connectivity index (χ4n) is 1.87. The molecule has 0 aromatic carbocycles. The first kappa shape index (κ1) is 12.7. The number of nitrogens with zero attached hydrogens (tertiary/aromatic N) is 2. The highest BCUT2D eigenvalue weighted by molar-refractivity contribution is 7.16. The predicted molar refractivity (Wildman–Crippen MR) is 78.7 cm³/mol. The van der Waals surface area contributed by atoms with Crippen LogP contribution in [0, 0.1) is 19.3 Å². The van der Waals surface area contributed by atoms with Crippen LogP contribution in [0.25, 0.3) is 10.6 Å². The van der Waals surface area contributed by atoms with Crippen molar-refractivity contribution in [2.75, 3.05) is 5.32 Å². The van der Waals surface area contributed by atoms with Gasteiger partial charge >= 0.3 is 0 Å². The number of hydrogen-bond acceptors (Lipinski definition) is 5. The summed E-state index contributed by atoms with van der Waals surface area (Å²) in [6.45, 7) is 5.97. The molecule has 0 atom stereocenters. The molecule has 2 heterocycles. The van der Waals surface area contributed by atoms with Gasteiger partial charge in [0.25, 0.3) is 0 Å². The van der Waals surface area contributed by atoms with Gasteiger partial charge in [0, 0.05) is 10.8 Å². The fourth-order valence-corrected chi connectivity index (χ4v) is 3.52. The summed E-state index contributed by atoms with van der Waals surface area (Å²) in [5.74, 6) is 0.0885. The standard InChI is InChI=1S/C13H15N3OS2/c1-7-10(19-8(2)14-7)9-6-18-12(15-9)16-11(17)13(3)4-5-13/h6H,4-5H2,1-3H3,(H,15,16,17). The van der Waals surface area contributed by atoms with Crippen molar-refractivity contribution in [2.45, 2.75) is 33.6 Å². The maximum Gasteiger partial charge on any atom is 0.232 e. The lowest BCUT2D eigenvalue weighted by Crippen LogP contribution is -2.21. The number of aryl methyl sites for hydroxylation is 2. The summed E-state index contributed by atoms with van der Waals surface area (Å²) in [5, 5.41) is 6.61. The third-order valence-corrected chi connectivity index (χ3v) is 5.26. The topological polar surface area (TPSA) is 54.9 Å². The molecule has 19 heavy (non-hydrogen) atoms. The molecule has 0 bridgehead atoms. The number of thiazole rings is 2. The number of anilines is 1. The highest BCUT2D eigenvalue weighted by atomic mass is 32.1. The second kappa shape index (κ2) is 4.38. The molecule has 1 saturated carbocycles. The van der Waals surface area contributed by atoms with Crippen LogP contribution in [0.3, 0.4) is 0 Å². The van der Waals surface area contributed by atoms with Crippen LogP contribution in [0.4, 0.5) is 5.13 Å². The molecule has 100 valence electrons. The Labute approximate surface area is 119 Å². The van der Waals surface area contributed by atoms with E-state index in [4.69, 9.17) is 0 Å². The number of rotatable bonds is 3. The molecule has 1 amide bonds. The molecule has 0 saturated heterocycles. The van der Waals surface area contributed by atoms with E-state index in [1.807, 2.05) is 26.2 Å². The van der Waals surface area contributed by atoms with Crippen molar-refractivity contribution >= 4 is 33.7 Å². The van der Waals surface area contributed by atoms with Gasteiger partial charge in [0.05, 0.1) is 21.3 Å². The van der Waals surface area contributed by atoms with Gasteiger partial charge < -0.3 is 5.32 Å². The van der Waals surface area contributed by atoms with Crippen LogP contribution in [0.5, 0.6) is 0 Å². The lowest BCUT2D eigenvalue weighted by molar-refractivity contribution is -0.120. The van der Waals surface area contributed by atoms with Crippen molar-refractivity contribution < 1.29 is 4.79 Å². The van der Waals surface area contributed by atoms with E-state index in [0.717, 1.165) is 34.1 Å². The zero-order valence-corrected chi connectivity index (χ0v) is 12.7. The molecule has 2 aromatic heterocycles. The van der Waals surface area contributed by atoms with Crippen molar-refractivity contribution in [3.05, 3.63) is 16.1 Å². The predicted octanol–water partition coefficient (Wildman–Crippen LogP) is 3.62. The second-order valence-corrected chi connectivity index (χ2v) is 7.26. The monoisotopic (exact) mass is 293 g/mol. The molecule has 2 aromatic rings. The van der Waals surface area contributed by atoms with E-state index >= 15 is 0 Å². The van der Waals surface area contributed by atoms with Gasteiger partial charge in [-0.05, 0) is 26.7 Å². The third-order valence-electron chi connectivity index (χ3n) is 3.41. The van der Waals surface area contributed by atoms with E-state index in [9.17, 15) is 4.79 Å². The summed E-state index contributed by atoms with van der Waals surface area (Å²) in [7, 11) is 0. The molecule has 0 spiro atoms. The normalized spacial score (nSPS) is 16.4. The van der Waals surface area contributed by atoms with E-state index in [1.54, 1.807) is 11.3 Å². The van der Waals surface area contributed by atoms with E-state index in [0.29, 0.717) is 5.13 Å². The summed E-state index contributed by atoms with van der Waals surface area (Å²) < 4.78 is 0. The fraction of sp³-hybridized carbons (Fsp3) is 0.462. The molecule has 1 N–H and O–H groups in total. The zero-order valence-electron chi connectivity index (χ0n) is 11.1. The Morgan fingerprint density at radius 1 is 1.37 bits per heavy atom. The first-order chi connectivity index (χ1) is 8.98. The van der Waals surface area contributed by atoms with Crippen molar-refractivity contribution in [3.63, 3.8) is 0 Å². The summed E-state index contributed by atoms with van der Waals surface area (Å²) in [5.41, 5.74) is 1.74. The molecule has 0 aliphatic heterocycles. The van der Waals surface area contributed by atoms with Crippen molar-refractivity contribution in [1.82, 2.24) is 9.97 Å². The maximum atomic E-state index is 12.0.